The fourth-order valence-electron chi connectivity index (χ4n) is 3.56. The van der Waals surface area contributed by atoms with Gasteiger partial charge in [0.15, 0.2) is 0 Å². The van der Waals surface area contributed by atoms with Gasteiger partial charge in [-0.05, 0) is 18.1 Å². The van der Waals surface area contributed by atoms with Crippen molar-refractivity contribution in [3.63, 3.8) is 0 Å². The number of fused-ring (bicyclic) bond motifs is 1. The van der Waals surface area contributed by atoms with Crippen molar-refractivity contribution >= 4 is 33.3 Å². The molecule has 0 bridgehead atoms. The van der Waals surface area contributed by atoms with E-state index in [1.54, 1.807) is 17.7 Å². The van der Waals surface area contributed by atoms with Crippen LogP contribution >= 0.6 is 11.3 Å². The lowest BCUT2D eigenvalue weighted by Gasteiger charge is -2.35. The maximum Gasteiger partial charge on any atom is 0.227 e. The van der Waals surface area contributed by atoms with E-state index in [0.717, 1.165) is 60.6 Å². The van der Waals surface area contributed by atoms with Crippen LogP contribution in [0, 0.1) is 0 Å². The molecular weight excluding hydrogens is 356 g/mol. The Morgan fingerprint density at radius 2 is 1.89 bits per heavy atom. The molecule has 27 heavy (non-hydrogen) atoms. The van der Waals surface area contributed by atoms with Crippen molar-refractivity contribution in [1.82, 2.24) is 14.9 Å². The average Bonchev–Trinajstić information content (AvgIpc) is 3.12. The van der Waals surface area contributed by atoms with Gasteiger partial charge in [-0.2, -0.15) is 0 Å². The van der Waals surface area contributed by atoms with Crippen LogP contribution in [0.1, 0.15) is 23.8 Å². The third kappa shape index (κ3) is 3.95. The van der Waals surface area contributed by atoms with Crippen molar-refractivity contribution in [1.29, 1.82) is 0 Å². The summed E-state index contributed by atoms with van der Waals surface area (Å²) in [5.74, 6) is 1.21. The van der Waals surface area contributed by atoms with Gasteiger partial charge in [-0.25, -0.2) is 9.97 Å². The minimum Gasteiger partial charge on any atom is -0.352 e. The first-order valence-corrected chi connectivity index (χ1v) is 10.4. The smallest absolute Gasteiger partial charge is 0.227 e. The fraction of sp³-hybridized carbons (Fsp3) is 0.381. The van der Waals surface area contributed by atoms with Crippen molar-refractivity contribution in [2.75, 3.05) is 31.1 Å². The number of anilines is 1. The first-order valence-electron chi connectivity index (χ1n) is 9.54. The van der Waals surface area contributed by atoms with E-state index in [2.05, 4.69) is 27.9 Å². The standard InChI is InChI=1S/C21H24N4OS/c1-2-6-17-14-18-20(22-15-23-21(18)27-17)25-11-9-24(10-12-25)19(26)13-16-7-4-3-5-8-16/h3-5,7-8,14-15H,2,6,9-13H2,1H3. The molecule has 1 fully saturated rings. The van der Waals surface area contributed by atoms with Gasteiger partial charge in [0.1, 0.15) is 17.0 Å². The van der Waals surface area contributed by atoms with Crippen LogP contribution in [0.2, 0.25) is 0 Å². The highest BCUT2D eigenvalue weighted by Gasteiger charge is 2.23. The van der Waals surface area contributed by atoms with E-state index in [4.69, 9.17) is 0 Å². The lowest BCUT2D eigenvalue weighted by atomic mass is 10.1. The van der Waals surface area contributed by atoms with Crippen LogP contribution in [-0.4, -0.2) is 47.0 Å². The van der Waals surface area contributed by atoms with Crippen LogP contribution in [0.25, 0.3) is 10.2 Å². The van der Waals surface area contributed by atoms with E-state index in [-0.39, 0.29) is 5.91 Å². The molecule has 140 valence electrons. The number of aryl methyl sites for hydroxylation is 1. The van der Waals surface area contributed by atoms with Crippen molar-refractivity contribution < 1.29 is 4.79 Å². The Bertz CT molecular complexity index is 916. The van der Waals surface area contributed by atoms with E-state index < -0.39 is 0 Å². The molecule has 1 saturated heterocycles. The third-order valence-electron chi connectivity index (χ3n) is 4.99. The van der Waals surface area contributed by atoms with Gasteiger partial charge in [0, 0.05) is 31.1 Å². The SMILES string of the molecule is CCCc1cc2c(N3CCN(C(=O)Cc4ccccc4)CC3)ncnc2s1. The largest absolute Gasteiger partial charge is 0.352 e. The van der Waals surface area contributed by atoms with E-state index in [9.17, 15) is 4.79 Å². The third-order valence-corrected chi connectivity index (χ3v) is 6.09. The molecule has 3 aromatic rings. The minimum absolute atomic E-state index is 0.203. The first kappa shape index (κ1) is 17.9. The Labute approximate surface area is 163 Å². The van der Waals surface area contributed by atoms with E-state index >= 15 is 0 Å². The highest BCUT2D eigenvalue weighted by Crippen LogP contribution is 2.31. The summed E-state index contributed by atoms with van der Waals surface area (Å²) < 4.78 is 0. The minimum atomic E-state index is 0.203. The van der Waals surface area contributed by atoms with Gasteiger partial charge in [0.2, 0.25) is 5.91 Å². The number of carbonyl (C=O) groups is 1. The molecule has 0 unspecified atom stereocenters. The molecule has 1 aliphatic rings. The van der Waals surface area contributed by atoms with Gasteiger partial charge in [0.05, 0.1) is 11.8 Å². The number of nitrogens with zero attached hydrogens (tertiary/aromatic N) is 4. The molecule has 1 amide bonds. The molecule has 0 radical (unpaired) electrons. The van der Waals surface area contributed by atoms with Gasteiger partial charge in [0.25, 0.3) is 0 Å². The summed E-state index contributed by atoms with van der Waals surface area (Å²) in [4.78, 5) is 28.3. The molecule has 0 N–H and O–H groups in total. The summed E-state index contributed by atoms with van der Waals surface area (Å²) in [5.41, 5.74) is 1.07. The number of hydrogen-bond donors (Lipinski definition) is 0. The van der Waals surface area contributed by atoms with Crippen LogP contribution in [-0.2, 0) is 17.6 Å². The zero-order chi connectivity index (χ0) is 18.6. The predicted octanol–water partition coefficient (Wildman–Crippen LogP) is 3.54. The molecule has 0 saturated carbocycles. The van der Waals surface area contributed by atoms with Gasteiger partial charge in [-0.3, -0.25) is 4.79 Å². The molecule has 0 spiro atoms. The van der Waals surface area contributed by atoms with Crippen LogP contribution < -0.4 is 4.90 Å². The molecular formula is C21H24N4OS. The van der Waals surface area contributed by atoms with Gasteiger partial charge < -0.3 is 9.80 Å². The summed E-state index contributed by atoms with van der Waals surface area (Å²) in [6.07, 6.45) is 4.36. The summed E-state index contributed by atoms with van der Waals surface area (Å²) in [6, 6.07) is 12.2. The van der Waals surface area contributed by atoms with Crippen LogP contribution in [0.5, 0.6) is 0 Å². The van der Waals surface area contributed by atoms with Crippen molar-refractivity contribution in [2.45, 2.75) is 26.2 Å². The Balaban J connectivity index is 1.43. The van der Waals surface area contributed by atoms with E-state index in [0.29, 0.717) is 6.42 Å². The van der Waals surface area contributed by atoms with Crippen molar-refractivity contribution in [2.24, 2.45) is 0 Å². The number of benzene rings is 1. The predicted molar refractivity (Wildman–Crippen MR) is 110 cm³/mol. The molecule has 0 aliphatic carbocycles. The van der Waals surface area contributed by atoms with Gasteiger partial charge in [-0.1, -0.05) is 43.7 Å². The Morgan fingerprint density at radius 3 is 2.63 bits per heavy atom. The van der Waals surface area contributed by atoms with Crippen LogP contribution in [0.4, 0.5) is 5.82 Å². The molecule has 2 aromatic heterocycles. The summed E-state index contributed by atoms with van der Waals surface area (Å²) in [5, 5.41) is 1.15. The van der Waals surface area contributed by atoms with Gasteiger partial charge in [-0.15, -0.1) is 11.3 Å². The lowest BCUT2D eigenvalue weighted by Crippen LogP contribution is -2.49. The van der Waals surface area contributed by atoms with Gasteiger partial charge >= 0.3 is 0 Å². The van der Waals surface area contributed by atoms with E-state index in [1.807, 2.05) is 35.2 Å². The first-order chi connectivity index (χ1) is 13.2. The van der Waals surface area contributed by atoms with Crippen molar-refractivity contribution in [3.8, 4) is 0 Å². The monoisotopic (exact) mass is 380 g/mol. The van der Waals surface area contributed by atoms with Crippen LogP contribution in [0.3, 0.4) is 0 Å². The second-order valence-electron chi connectivity index (χ2n) is 6.91. The molecule has 3 heterocycles. The second-order valence-corrected chi connectivity index (χ2v) is 8.02. The molecule has 0 atom stereocenters. The Morgan fingerprint density at radius 1 is 1.11 bits per heavy atom. The summed E-state index contributed by atoms with van der Waals surface area (Å²) >= 11 is 1.76. The second kappa shape index (κ2) is 8.05. The van der Waals surface area contributed by atoms with E-state index in [1.165, 1.54) is 4.88 Å². The number of piperazine rings is 1. The highest BCUT2D eigenvalue weighted by atomic mass is 32.1. The quantitative estimate of drug-likeness (QED) is 0.679. The molecule has 4 rings (SSSR count). The number of aromatic nitrogens is 2. The van der Waals surface area contributed by atoms with Crippen LogP contribution in [0.15, 0.2) is 42.7 Å². The normalized spacial score (nSPS) is 14.7. The number of rotatable bonds is 5. The Kier molecular flexibility index (Phi) is 5.34. The molecule has 6 heteroatoms. The number of carbonyl (C=O) groups excluding carboxylic acids is 1. The topological polar surface area (TPSA) is 49.3 Å². The highest BCUT2D eigenvalue weighted by molar-refractivity contribution is 7.18. The molecule has 1 aromatic carbocycles. The summed E-state index contributed by atoms with van der Waals surface area (Å²) in [7, 11) is 0. The molecule has 5 nitrogen and oxygen atoms in total. The maximum atomic E-state index is 12.6. The fourth-order valence-corrected chi connectivity index (χ4v) is 4.66. The zero-order valence-electron chi connectivity index (χ0n) is 15.6. The molecule has 1 aliphatic heterocycles. The number of hydrogen-bond acceptors (Lipinski definition) is 5. The zero-order valence-corrected chi connectivity index (χ0v) is 16.4. The Hall–Kier alpha value is -2.47. The maximum absolute atomic E-state index is 12.6. The van der Waals surface area contributed by atoms with Crippen molar-refractivity contribution in [3.05, 3.63) is 53.2 Å². The summed E-state index contributed by atoms with van der Waals surface area (Å²) in [6.45, 7) is 5.30. The average molecular weight is 381 g/mol. The lowest BCUT2D eigenvalue weighted by molar-refractivity contribution is -0.130. The number of thiophene rings is 1. The number of amides is 1.